The summed E-state index contributed by atoms with van der Waals surface area (Å²) in [5.74, 6) is -0.242. The van der Waals surface area contributed by atoms with E-state index in [1.165, 1.54) is 31.0 Å². The number of halogens is 1. The van der Waals surface area contributed by atoms with Gasteiger partial charge in [-0.05, 0) is 63.4 Å². The Hall–Kier alpha value is -3.23. The van der Waals surface area contributed by atoms with E-state index < -0.39 is 11.6 Å². The van der Waals surface area contributed by atoms with Crippen LogP contribution in [0, 0.1) is 11.7 Å². The van der Waals surface area contributed by atoms with Crippen LogP contribution in [0.5, 0.6) is 0 Å². The first-order chi connectivity index (χ1) is 16.4. The van der Waals surface area contributed by atoms with Gasteiger partial charge in [0.25, 0.3) is 0 Å². The zero-order valence-corrected chi connectivity index (χ0v) is 20.4. The Kier molecular flexibility index (Phi) is 7.29. The van der Waals surface area contributed by atoms with Crippen LogP contribution in [0.15, 0.2) is 60.0 Å². The first-order valence-corrected chi connectivity index (χ1v) is 12.0. The molecule has 2 heterocycles. The summed E-state index contributed by atoms with van der Waals surface area (Å²) in [6, 6.07) is 6.70. The zero-order valence-electron chi connectivity index (χ0n) is 19.6. The Morgan fingerprint density at radius 1 is 1.41 bits per heavy atom. The largest absolute Gasteiger partial charge is 0.345 e. The van der Waals surface area contributed by atoms with Gasteiger partial charge in [-0.3, -0.25) is 9.79 Å². The number of carbonyl (C=O) groups excluding carboxylic acids is 1. The van der Waals surface area contributed by atoms with Crippen LogP contribution in [0.4, 0.5) is 10.1 Å². The van der Waals surface area contributed by atoms with Crippen molar-refractivity contribution >= 4 is 46.4 Å². The van der Waals surface area contributed by atoms with Crippen molar-refractivity contribution in [3.63, 3.8) is 0 Å². The smallest absolute Gasteiger partial charge is 0.198 e. The lowest BCUT2D eigenvalue weighted by Gasteiger charge is -2.16. The van der Waals surface area contributed by atoms with Crippen LogP contribution in [0.25, 0.3) is 16.6 Å². The third-order valence-electron chi connectivity index (χ3n) is 5.61. The van der Waals surface area contributed by atoms with E-state index in [0.717, 1.165) is 23.6 Å². The highest BCUT2D eigenvalue weighted by molar-refractivity contribution is 7.98. The molecule has 176 valence electrons. The van der Waals surface area contributed by atoms with Gasteiger partial charge >= 0.3 is 0 Å². The highest BCUT2D eigenvalue weighted by Gasteiger charge is 2.24. The normalized spacial score (nSPS) is 14.3. The number of fused-ring (bicyclic) bond motifs is 1. The van der Waals surface area contributed by atoms with Gasteiger partial charge in [0.15, 0.2) is 11.6 Å². The van der Waals surface area contributed by atoms with E-state index in [9.17, 15) is 4.79 Å². The first-order valence-electron chi connectivity index (χ1n) is 11.2. The standard InChI is InChI=1S/C26H28FN5OS/c1-5-18(12-28-16(2)3)19-11-21-22(14-30-26(21)29-13-19)25(33)20-7-6-8-23(24(20)27)31-34-32(4)15-17-9-10-17/h5-8,11-14,17,31H,2,9-10,15H2,1,3-4H3,(H,29,30)/b18-5+,28-12?. The van der Waals surface area contributed by atoms with Crippen molar-refractivity contribution in [1.29, 1.82) is 0 Å². The first kappa shape index (κ1) is 23.9. The fourth-order valence-corrected chi connectivity index (χ4v) is 4.30. The number of pyridine rings is 1. The van der Waals surface area contributed by atoms with E-state index in [1.807, 2.05) is 33.0 Å². The van der Waals surface area contributed by atoms with E-state index >= 15 is 4.39 Å². The van der Waals surface area contributed by atoms with Gasteiger partial charge in [-0.25, -0.2) is 13.7 Å². The number of hydrogen-bond acceptors (Lipinski definition) is 6. The van der Waals surface area contributed by atoms with Crippen molar-refractivity contribution in [1.82, 2.24) is 14.3 Å². The van der Waals surface area contributed by atoms with E-state index in [-0.39, 0.29) is 11.3 Å². The summed E-state index contributed by atoms with van der Waals surface area (Å²) >= 11 is 1.34. The predicted molar refractivity (Wildman–Crippen MR) is 139 cm³/mol. The maximum absolute atomic E-state index is 15.3. The second-order valence-electron chi connectivity index (χ2n) is 8.50. The number of nitrogens with zero attached hydrogens (tertiary/aromatic N) is 3. The van der Waals surface area contributed by atoms with Crippen LogP contribution >= 0.6 is 12.1 Å². The molecule has 0 bridgehead atoms. The highest BCUT2D eigenvalue weighted by atomic mass is 32.2. The van der Waals surface area contributed by atoms with Gasteiger partial charge in [-0.1, -0.05) is 18.7 Å². The SMILES string of the molecule is C=C(C)N=C/C(=C\C)c1cnc2[nH]cc(C(=O)c3cccc(NSN(C)CC4CC4)c3F)c2c1. The number of rotatable bonds is 10. The molecule has 2 N–H and O–H groups in total. The summed E-state index contributed by atoms with van der Waals surface area (Å²) < 4.78 is 20.4. The monoisotopic (exact) mass is 477 g/mol. The summed E-state index contributed by atoms with van der Waals surface area (Å²) in [5.41, 5.74) is 3.56. The minimum absolute atomic E-state index is 0.0110. The zero-order chi connectivity index (χ0) is 24.2. The van der Waals surface area contributed by atoms with Gasteiger partial charge in [0.2, 0.25) is 0 Å². The third kappa shape index (κ3) is 5.46. The molecule has 1 aliphatic carbocycles. The molecule has 1 fully saturated rings. The number of benzene rings is 1. The molecule has 1 saturated carbocycles. The molecule has 0 amide bonds. The minimum atomic E-state index is -0.568. The van der Waals surface area contributed by atoms with Gasteiger partial charge in [0.05, 0.1) is 11.3 Å². The quantitative estimate of drug-likeness (QED) is 0.205. The molecule has 0 atom stereocenters. The van der Waals surface area contributed by atoms with Crippen LogP contribution in [-0.4, -0.2) is 39.9 Å². The molecular weight excluding hydrogens is 449 g/mol. The molecule has 2 aromatic heterocycles. The molecule has 1 aliphatic rings. The van der Waals surface area contributed by atoms with Gasteiger partial charge < -0.3 is 9.71 Å². The van der Waals surface area contributed by atoms with Crippen molar-refractivity contribution in [3.8, 4) is 0 Å². The number of aromatic nitrogens is 2. The Bertz CT molecular complexity index is 1290. The number of ketones is 1. The molecule has 3 aromatic rings. The van der Waals surface area contributed by atoms with Gasteiger partial charge in [-0.15, -0.1) is 0 Å². The number of aliphatic imine (C=N–C) groups is 1. The fourth-order valence-electron chi connectivity index (χ4n) is 3.60. The lowest BCUT2D eigenvalue weighted by Crippen LogP contribution is -2.15. The van der Waals surface area contributed by atoms with Crippen LogP contribution in [0.1, 0.15) is 48.2 Å². The van der Waals surface area contributed by atoms with Crippen LogP contribution < -0.4 is 4.72 Å². The van der Waals surface area contributed by atoms with Crippen molar-refractivity contribution in [2.45, 2.75) is 26.7 Å². The lowest BCUT2D eigenvalue weighted by molar-refractivity contribution is 0.103. The third-order valence-corrected chi connectivity index (χ3v) is 6.38. The molecule has 0 saturated heterocycles. The van der Waals surface area contributed by atoms with Crippen molar-refractivity contribution < 1.29 is 9.18 Å². The molecule has 8 heteroatoms. The topological polar surface area (TPSA) is 73.4 Å². The Labute approximate surface area is 203 Å². The molecule has 6 nitrogen and oxygen atoms in total. The second-order valence-corrected chi connectivity index (χ2v) is 9.51. The van der Waals surface area contributed by atoms with E-state index in [2.05, 4.69) is 30.6 Å². The number of nitrogens with one attached hydrogen (secondary N) is 2. The van der Waals surface area contributed by atoms with Crippen molar-refractivity contribution in [2.75, 3.05) is 18.3 Å². The average Bonchev–Trinajstić information content (AvgIpc) is 3.53. The lowest BCUT2D eigenvalue weighted by atomic mass is 10.0. The maximum Gasteiger partial charge on any atom is 0.198 e. The molecule has 0 aliphatic heterocycles. The number of allylic oxidation sites excluding steroid dienone is 3. The van der Waals surface area contributed by atoms with Crippen LogP contribution in [0.2, 0.25) is 0 Å². The molecule has 4 rings (SSSR count). The summed E-state index contributed by atoms with van der Waals surface area (Å²) in [6.07, 6.45) is 9.43. The summed E-state index contributed by atoms with van der Waals surface area (Å²) in [7, 11) is 1.97. The van der Waals surface area contributed by atoms with E-state index in [1.54, 1.807) is 30.7 Å². The summed E-state index contributed by atoms with van der Waals surface area (Å²) in [6.45, 7) is 8.46. The maximum atomic E-state index is 15.3. The second kappa shape index (κ2) is 10.4. The molecule has 0 radical (unpaired) electrons. The van der Waals surface area contributed by atoms with E-state index in [0.29, 0.717) is 22.3 Å². The van der Waals surface area contributed by atoms with Gasteiger partial charge in [-0.2, -0.15) is 0 Å². The Morgan fingerprint density at radius 3 is 2.91 bits per heavy atom. The molecule has 34 heavy (non-hydrogen) atoms. The summed E-state index contributed by atoms with van der Waals surface area (Å²) in [4.78, 5) is 25.1. The Morgan fingerprint density at radius 2 is 2.21 bits per heavy atom. The number of hydrogen-bond donors (Lipinski definition) is 2. The molecule has 1 aromatic carbocycles. The summed E-state index contributed by atoms with van der Waals surface area (Å²) in [5, 5.41) is 0.627. The van der Waals surface area contributed by atoms with Crippen molar-refractivity contribution in [2.24, 2.45) is 10.9 Å². The van der Waals surface area contributed by atoms with Gasteiger partial charge in [0.1, 0.15) is 5.65 Å². The average molecular weight is 478 g/mol. The molecule has 0 unspecified atom stereocenters. The van der Waals surface area contributed by atoms with E-state index in [4.69, 9.17) is 0 Å². The van der Waals surface area contributed by atoms with Crippen LogP contribution in [-0.2, 0) is 0 Å². The van der Waals surface area contributed by atoms with Gasteiger partial charge in [0, 0.05) is 59.5 Å². The number of aromatic amines is 1. The van der Waals surface area contributed by atoms with Crippen molar-refractivity contribution in [3.05, 3.63) is 77.5 Å². The van der Waals surface area contributed by atoms with Crippen LogP contribution in [0.3, 0.4) is 0 Å². The number of anilines is 1. The number of carbonyl (C=O) groups is 1. The molecular formula is C26H28FN5OS. The fraction of sp³-hybridized carbons (Fsp3) is 0.269. The molecule has 0 spiro atoms. The number of H-pyrrole nitrogens is 1. The predicted octanol–water partition coefficient (Wildman–Crippen LogP) is 6.26. The minimum Gasteiger partial charge on any atom is -0.345 e. The highest BCUT2D eigenvalue weighted by Crippen LogP contribution is 2.32. The Balaban J connectivity index is 1.60.